The molecule has 5 aromatic carbocycles. The number of nitrogens with one attached hydrogen (secondary N) is 1. The van der Waals surface area contributed by atoms with Crippen LogP contribution in [0.2, 0.25) is 0 Å². The maximum atomic E-state index is 14.3. The molecule has 0 aliphatic carbocycles. The van der Waals surface area contributed by atoms with Gasteiger partial charge in [-0.05, 0) is 117 Å². The van der Waals surface area contributed by atoms with Gasteiger partial charge in [0.2, 0.25) is 5.91 Å². The molecular formula is C57H65N5O10S3. The maximum absolute atomic E-state index is 14.3. The minimum absolute atomic E-state index is 0.00470. The Bertz CT molecular complexity index is 3170. The number of methoxy groups -OCH3 is 1. The lowest BCUT2D eigenvalue weighted by Gasteiger charge is -2.25. The van der Waals surface area contributed by atoms with E-state index in [0.717, 1.165) is 57.8 Å². The number of benzene rings is 5. The number of amides is 3. The maximum Gasteiger partial charge on any atom is 0.275 e. The van der Waals surface area contributed by atoms with Gasteiger partial charge in [0.25, 0.3) is 21.9 Å². The molecule has 4 aliphatic rings. The van der Waals surface area contributed by atoms with Gasteiger partial charge in [-0.15, -0.1) is 0 Å². The van der Waals surface area contributed by atoms with Crippen LogP contribution in [-0.4, -0.2) is 98.1 Å². The molecule has 3 amide bonds. The third kappa shape index (κ3) is 11.5. The third-order valence-electron chi connectivity index (χ3n) is 14.5. The summed E-state index contributed by atoms with van der Waals surface area (Å²) in [6.07, 6.45) is 2.19. The van der Waals surface area contributed by atoms with Crippen LogP contribution in [0.5, 0.6) is 17.2 Å². The van der Waals surface area contributed by atoms with Gasteiger partial charge < -0.3 is 39.1 Å². The highest BCUT2D eigenvalue weighted by molar-refractivity contribution is 8.77. The number of likely N-dealkylation sites (N-methyl/N-ethyl adjacent to an activating group) is 2. The van der Waals surface area contributed by atoms with Gasteiger partial charge in [-0.2, -0.15) is 8.42 Å². The first kappa shape index (κ1) is 53.6. The largest absolute Gasteiger partial charge is 0.493 e. The topological polar surface area (TPSA) is 175 Å². The van der Waals surface area contributed by atoms with E-state index in [1.807, 2.05) is 124 Å². The molecule has 9 rings (SSSR count). The molecule has 15 nitrogen and oxygen atoms in total. The van der Waals surface area contributed by atoms with Crippen molar-refractivity contribution in [3.63, 3.8) is 0 Å². The Morgan fingerprint density at radius 2 is 1.31 bits per heavy atom. The number of carbonyl (C=O) groups is 4. The average Bonchev–Trinajstić information content (AvgIpc) is 3.89. The Labute approximate surface area is 447 Å². The standard InChI is InChI=1S/C57H65N5O10S3/c1-9-49(63)53(75(67,68)69)21-35(3)73-74-57(4,5)19-18-54(64)58-40-23-36(32-71-50-28-47-43(20-34(50)2)55(65)61-41(30-59(47)6)25-38-14-10-12-16-45(38)61)22-37(24-40)33-72-52-29-48-44(27-51(52)70-8)56(66)62-42(31-60(48)7)26-39-15-11-13-17-46(39)62/h10-17,20,22-24,27-29,35,41-42,53H,9,18-19,21,25-26,30-33H2,1-8H3,(H,58,64)(H,67,68,69)/t35?,41-,42-,53?/m0/s1. The van der Waals surface area contributed by atoms with Gasteiger partial charge in [0.1, 0.15) is 24.2 Å². The SMILES string of the molecule is CCC(=O)C(CC(C)SSC(C)(C)CCC(=O)Nc1cc(COc2cc3c(cc2C)C(=O)N2c4ccccc4C[C@H]2CN3C)cc(COc2cc3c(cc2OC)C(=O)N2c4ccccc4C[C@H]2CN3C)c1)S(=O)(=O)O. The summed E-state index contributed by atoms with van der Waals surface area (Å²) in [6, 6.07) is 29.3. The number of fused-ring (bicyclic) bond motifs is 8. The van der Waals surface area contributed by atoms with Gasteiger partial charge >= 0.3 is 0 Å². The van der Waals surface area contributed by atoms with E-state index in [1.165, 1.54) is 27.2 Å². The molecule has 0 saturated heterocycles. The second-order valence-electron chi connectivity index (χ2n) is 20.7. The number of rotatable bonds is 19. The van der Waals surface area contributed by atoms with Gasteiger partial charge in [-0.25, -0.2) is 0 Å². The van der Waals surface area contributed by atoms with Crippen LogP contribution in [0, 0.1) is 6.92 Å². The van der Waals surface area contributed by atoms with E-state index < -0.39 is 25.9 Å². The molecule has 0 aromatic heterocycles. The molecule has 2 unspecified atom stereocenters. The van der Waals surface area contributed by atoms with Crippen LogP contribution in [0.15, 0.2) is 91.0 Å². The van der Waals surface area contributed by atoms with E-state index in [0.29, 0.717) is 53.6 Å². The molecule has 0 radical (unpaired) electrons. The Balaban J connectivity index is 0.937. The van der Waals surface area contributed by atoms with Crippen LogP contribution < -0.4 is 39.1 Å². The van der Waals surface area contributed by atoms with E-state index in [2.05, 4.69) is 27.2 Å². The lowest BCUT2D eigenvalue weighted by Crippen LogP contribution is -2.41. The van der Waals surface area contributed by atoms with E-state index >= 15 is 0 Å². The summed E-state index contributed by atoms with van der Waals surface area (Å²) in [6.45, 7) is 10.8. The van der Waals surface area contributed by atoms with Gasteiger partial charge in [-0.3, -0.25) is 23.7 Å². The van der Waals surface area contributed by atoms with Crippen molar-refractivity contribution in [2.24, 2.45) is 0 Å². The Morgan fingerprint density at radius 3 is 1.85 bits per heavy atom. The minimum Gasteiger partial charge on any atom is -0.493 e. The quantitative estimate of drug-likeness (QED) is 0.0590. The third-order valence-corrected chi connectivity index (χ3v) is 19.6. The zero-order valence-corrected chi connectivity index (χ0v) is 46.1. The van der Waals surface area contributed by atoms with Crippen LogP contribution >= 0.6 is 21.6 Å². The normalized spacial score (nSPS) is 17.7. The first-order valence-electron chi connectivity index (χ1n) is 25.4. The first-order chi connectivity index (χ1) is 35.7. The molecule has 0 bridgehead atoms. The molecule has 5 aromatic rings. The molecule has 75 heavy (non-hydrogen) atoms. The summed E-state index contributed by atoms with van der Waals surface area (Å²) < 4.78 is 52.3. The lowest BCUT2D eigenvalue weighted by molar-refractivity contribution is -0.118. The van der Waals surface area contributed by atoms with E-state index in [4.69, 9.17) is 14.2 Å². The fourth-order valence-corrected chi connectivity index (χ4v) is 14.5. The van der Waals surface area contributed by atoms with E-state index in [1.54, 1.807) is 20.1 Å². The Kier molecular flexibility index (Phi) is 15.6. The number of aryl methyl sites for hydroxylation is 1. The fourth-order valence-electron chi connectivity index (χ4n) is 10.7. The summed E-state index contributed by atoms with van der Waals surface area (Å²) in [5.74, 6) is 0.607. The molecular weight excluding hydrogens is 1010 g/mol. The zero-order chi connectivity index (χ0) is 53.5. The lowest BCUT2D eigenvalue weighted by atomic mass is 10.1. The molecule has 4 heterocycles. The molecule has 2 N–H and O–H groups in total. The molecule has 0 spiro atoms. The number of anilines is 5. The van der Waals surface area contributed by atoms with Crippen LogP contribution in [-0.2, 0) is 45.8 Å². The predicted octanol–water partition coefficient (Wildman–Crippen LogP) is 10.1. The number of para-hydroxylation sites is 2. The van der Waals surface area contributed by atoms with Crippen molar-refractivity contribution < 1.29 is 46.4 Å². The number of ketones is 1. The number of nitrogens with zero attached hydrogens (tertiary/aromatic N) is 4. The number of Topliss-reactive ketones (excluding diaryl/α,β-unsaturated/α-hetero) is 1. The van der Waals surface area contributed by atoms with E-state index in [9.17, 15) is 32.1 Å². The van der Waals surface area contributed by atoms with Crippen LogP contribution in [0.1, 0.15) is 102 Å². The first-order valence-corrected chi connectivity index (χ1v) is 29.1. The smallest absolute Gasteiger partial charge is 0.275 e. The molecule has 4 aliphatic heterocycles. The fraction of sp³-hybridized carbons (Fsp3) is 0.404. The van der Waals surface area contributed by atoms with Gasteiger partial charge in [0.05, 0.1) is 41.7 Å². The summed E-state index contributed by atoms with van der Waals surface area (Å²) in [4.78, 5) is 62.7. The summed E-state index contributed by atoms with van der Waals surface area (Å²) in [5, 5.41) is 1.36. The van der Waals surface area contributed by atoms with Gasteiger partial charge in [0, 0.05) is 79.2 Å². The van der Waals surface area contributed by atoms with Crippen molar-refractivity contribution in [1.82, 2.24) is 0 Å². The monoisotopic (exact) mass is 1080 g/mol. The summed E-state index contributed by atoms with van der Waals surface area (Å²) >= 11 is 0. The molecule has 0 fully saturated rings. The molecule has 0 saturated carbocycles. The Morgan fingerprint density at radius 1 is 0.773 bits per heavy atom. The minimum atomic E-state index is -4.54. The second kappa shape index (κ2) is 21.8. The van der Waals surface area contributed by atoms with Crippen molar-refractivity contribution in [1.29, 1.82) is 0 Å². The van der Waals surface area contributed by atoms with Crippen LogP contribution in [0.25, 0.3) is 0 Å². The van der Waals surface area contributed by atoms with Crippen molar-refractivity contribution in [3.05, 3.63) is 130 Å². The van der Waals surface area contributed by atoms with Crippen molar-refractivity contribution >= 4 is 83.6 Å². The average molecular weight is 1080 g/mol. The van der Waals surface area contributed by atoms with Crippen molar-refractivity contribution in [3.8, 4) is 17.2 Å². The highest BCUT2D eigenvalue weighted by atomic mass is 33.1. The summed E-state index contributed by atoms with van der Waals surface area (Å²) in [5.41, 5.74) is 9.68. The van der Waals surface area contributed by atoms with Crippen LogP contribution in [0.4, 0.5) is 28.4 Å². The van der Waals surface area contributed by atoms with Crippen molar-refractivity contribution in [2.45, 2.75) is 114 Å². The molecule has 18 heteroatoms. The molecule has 4 atom stereocenters. The van der Waals surface area contributed by atoms with Crippen LogP contribution in [0.3, 0.4) is 0 Å². The number of ether oxygens (including phenoxy) is 3. The highest BCUT2D eigenvalue weighted by Crippen LogP contribution is 2.45. The Hall–Kier alpha value is -6.21. The van der Waals surface area contributed by atoms with Gasteiger partial charge in [0.15, 0.2) is 17.3 Å². The van der Waals surface area contributed by atoms with Gasteiger partial charge in [-0.1, -0.05) is 71.8 Å². The van der Waals surface area contributed by atoms with Crippen molar-refractivity contribution in [2.75, 3.05) is 59.2 Å². The number of hydrogen-bond donors (Lipinski definition) is 2. The highest BCUT2D eigenvalue weighted by Gasteiger charge is 2.41. The predicted molar refractivity (Wildman–Crippen MR) is 299 cm³/mol. The van der Waals surface area contributed by atoms with E-state index in [-0.39, 0.29) is 67.5 Å². The number of hydrogen-bond acceptors (Lipinski definition) is 13. The second-order valence-corrected chi connectivity index (χ2v) is 25.7. The number of carbonyl (C=O) groups excluding carboxylic acids is 4. The summed E-state index contributed by atoms with van der Waals surface area (Å²) in [7, 11) is 3.93. The zero-order valence-electron chi connectivity index (χ0n) is 43.7. The molecule has 396 valence electrons.